The highest BCUT2D eigenvalue weighted by molar-refractivity contribution is 6.03. The first kappa shape index (κ1) is 26.1. The molecule has 9 nitrogen and oxygen atoms in total. The van der Waals surface area contributed by atoms with Crippen LogP contribution in [0, 0.1) is 0 Å². The van der Waals surface area contributed by atoms with Gasteiger partial charge in [0.05, 0.1) is 44.1 Å². The van der Waals surface area contributed by atoms with Gasteiger partial charge in [0.25, 0.3) is 5.91 Å². The zero-order valence-electron chi connectivity index (χ0n) is 23.0. The number of amides is 1. The molecule has 3 aromatic carbocycles. The van der Waals surface area contributed by atoms with Gasteiger partial charge >= 0.3 is 0 Å². The van der Waals surface area contributed by atoms with Crippen molar-refractivity contribution in [2.24, 2.45) is 5.10 Å². The third-order valence-corrected chi connectivity index (χ3v) is 7.25. The lowest BCUT2D eigenvalue weighted by atomic mass is 9.98. The highest BCUT2D eigenvalue weighted by atomic mass is 16.5. The third-order valence-electron chi connectivity index (χ3n) is 7.25. The number of methoxy groups -OCH3 is 3. The molecule has 1 aliphatic heterocycles. The normalized spacial score (nSPS) is 14.7. The maximum Gasteiger partial charge on any atom is 0.263 e. The number of aromatic nitrogens is 3. The predicted octanol–water partition coefficient (Wildman–Crippen LogP) is 5.50. The van der Waals surface area contributed by atoms with Crippen LogP contribution in [-0.4, -0.2) is 52.5 Å². The average Bonchev–Trinajstić information content (AvgIpc) is 3.64. The summed E-state index contributed by atoms with van der Waals surface area (Å²) in [6.07, 6.45) is 4.01. The van der Waals surface area contributed by atoms with E-state index in [-0.39, 0.29) is 18.5 Å². The quantitative estimate of drug-likeness (QED) is 0.255. The van der Waals surface area contributed by atoms with Gasteiger partial charge in [0.1, 0.15) is 18.1 Å². The van der Waals surface area contributed by atoms with E-state index in [1.54, 1.807) is 38.7 Å². The first-order chi connectivity index (χ1) is 20.1. The molecule has 0 saturated heterocycles. The van der Waals surface area contributed by atoms with Crippen LogP contribution in [0.4, 0.5) is 0 Å². The summed E-state index contributed by atoms with van der Waals surface area (Å²) < 4.78 is 18.3. The summed E-state index contributed by atoms with van der Waals surface area (Å²) in [5.74, 6) is 2.48. The number of fused-ring (bicyclic) bond motifs is 1. The van der Waals surface area contributed by atoms with Crippen LogP contribution in [0.15, 0.2) is 96.4 Å². The summed E-state index contributed by atoms with van der Waals surface area (Å²) in [5.41, 5.74) is 5.13. The highest BCUT2D eigenvalue weighted by Gasteiger charge is 2.34. The van der Waals surface area contributed by atoms with E-state index in [0.29, 0.717) is 23.7 Å². The minimum Gasteiger partial charge on any atom is -0.497 e. The molecule has 206 valence electrons. The second-order valence-electron chi connectivity index (χ2n) is 9.60. The first-order valence-electron chi connectivity index (χ1n) is 13.2. The van der Waals surface area contributed by atoms with E-state index in [9.17, 15) is 4.79 Å². The number of imidazole rings is 1. The lowest BCUT2D eigenvalue weighted by Crippen LogP contribution is -2.30. The number of nitrogens with zero attached hydrogens (tertiary/aromatic N) is 5. The van der Waals surface area contributed by atoms with E-state index < -0.39 is 0 Å². The number of benzene rings is 3. The zero-order valence-corrected chi connectivity index (χ0v) is 23.0. The van der Waals surface area contributed by atoms with Crippen LogP contribution >= 0.6 is 0 Å². The Balaban J connectivity index is 1.40. The molecule has 0 N–H and O–H groups in total. The molecule has 9 heteroatoms. The molecular formula is C32H29N5O4. The number of hydrogen-bond acceptors (Lipinski definition) is 7. The van der Waals surface area contributed by atoms with Crippen molar-refractivity contribution in [1.82, 2.24) is 19.5 Å². The van der Waals surface area contributed by atoms with Gasteiger partial charge in [-0.15, -0.1) is 0 Å². The molecule has 0 saturated carbocycles. The number of hydrogen-bond donors (Lipinski definition) is 0. The van der Waals surface area contributed by atoms with E-state index in [4.69, 9.17) is 24.3 Å². The van der Waals surface area contributed by atoms with Crippen molar-refractivity contribution in [1.29, 1.82) is 0 Å². The minimum absolute atomic E-state index is 0.0495. The molecule has 0 aliphatic carbocycles. The summed E-state index contributed by atoms with van der Waals surface area (Å²) in [7, 11) is 4.83. The van der Waals surface area contributed by atoms with Gasteiger partial charge in [-0.25, -0.2) is 9.99 Å². The maximum absolute atomic E-state index is 14.2. The summed E-state index contributed by atoms with van der Waals surface area (Å²) in [6.45, 7) is 0.0495. The van der Waals surface area contributed by atoms with Gasteiger partial charge in [0.15, 0.2) is 11.5 Å². The summed E-state index contributed by atoms with van der Waals surface area (Å²) in [4.78, 5) is 23.3. The molecule has 1 aliphatic rings. The monoisotopic (exact) mass is 547 g/mol. The molecular weight excluding hydrogens is 518 g/mol. The highest BCUT2D eigenvalue weighted by Crippen LogP contribution is 2.38. The fraction of sp³-hybridized carbons (Fsp3) is 0.188. The second kappa shape index (κ2) is 11.1. The third kappa shape index (κ3) is 4.98. The van der Waals surface area contributed by atoms with Gasteiger partial charge in [-0.3, -0.25) is 9.78 Å². The van der Waals surface area contributed by atoms with Crippen LogP contribution in [-0.2, 0) is 11.3 Å². The summed E-state index contributed by atoms with van der Waals surface area (Å²) >= 11 is 0. The molecule has 1 amide bonds. The molecule has 3 heterocycles. The maximum atomic E-state index is 14.2. The van der Waals surface area contributed by atoms with Crippen molar-refractivity contribution in [3.8, 4) is 28.6 Å². The lowest BCUT2D eigenvalue weighted by molar-refractivity contribution is -0.133. The molecule has 0 spiro atoms. The molecule has 41 heavy (non-hydrogen) atoms. The Bertz CT molecular complexity index is 1730. The number of pyridine rings is 1. The number of carbonyl (C=O) groups is 1. The number of rotatable bonds is 8. The number of hydrazone groups is 1. The summed E-state index contributed by atoms with van der Waals surface area (Å²) in [6, 6.07) is 24.7. The van der Waals surface area contributed by atoms with Crippen LogP contribution in [0.25, 0.3) is 22.4 Å². The van der Waals surface area contributed by atoms with Crippen LogP contribution in [0.5, 0.6) is 17.2 Å². The Morgan fingerprint density at radius 3 is 2.41 bits per heavy atom. The Labute approximate surface area is 237 Å². The smallest absolute Gasteiger partial charge is 0.263 e. The Kier molecular flexibility index (Phi) is 7.08. The van der Waals surface area contributed by atoms with Gasteiger partial charge in [-0.05, 0) is 71.8 Å². The van der Waals surface area contributed by atoms with E-state index in [1.807, 2.05) is 83.4 Å². The van der Waals surface area contributed by atoms with Crippen LogP contribution in [0.3, 0.4) is 0 Å². The Hall–Kier alpha value is -5.18. The molecule has 0 fully saturated rings. The number of ether oxygens (including phenoxy) is 3. The molecule has 5 aromatic rings. The van der Waals surface area contributed by atoms with Crippen LogP contribution in [0.2, 0.25) is 0 Å². The molecule has 0 bridgehead atoms. The Morgan fingerprint density at radius 1 is 0.878 bits per heavy atom. The minimum atomic E-state index is -0.337. The topological polar surface area (TPSA) is 91.1 Å². The zero-order chi connectivity index (χ0) is 28.3. The largest absolute Gasteiger partial charge is 0.497 e. The van der Waals surface area contributed by atoms with E-state index in [1.165, 1.54) is 0 Å². The molecule has 1 unspecified atom stereocenters. The fourth-order valence-electron chi connectivity index (χ4n) is 5.18. The molecule has 2 aromatic heterocycles. The van der Waals surface area contributed by atoms with Gasteiger partial charge in [0, 0.05) is 24.4 Å². The van der Waals surface area contributed by atoms with Crippen molar-refractivity contribution < 1.29 is 19.0 Å². The van der Waals surface area contributed by atoms with Gasteiger partial charge in [0.2, 0.25) is 0 Å². The average molecular weight is 548 g/mol. The molecule has 0 radical (unpaired) electrons. The van der Waals surface area contributed by atoms with E-state index in [0.717, 1.165) is 39.2 Å². The number of carbonyl (C=O) groups excluding carboxylic acids is 1. The van der Waals surface area contributed by atoms with E-state index >= 15 is 0 Å². The van der Waals surface area contributed by atoms with Crippen LogP contribution in [0.1, 0.15) is 23.6 Å². The van der Waals surface area contributed by atoms with Crippen molar-refractivity contribution in [3.63, 3.8) is 0 Å². The second-order valence-corrected chi connectivity index (χ2v) is 9.60. The lowest BCUT2D eigenvalue weighted by Gasteiger charge is -2.23. The van der Waals surface area contributed by atoms with Crippen molar-refractivity contribution in [2.45, 2.75) is 19.0 Å². The SMILES string of the molecule is COc1ccc(C2=NN(C(=O)Cn3c(-c4cccnc4)nc4ccccc43)C(c3ccc(OC)c(OC)c3)C2)cc1. The van der Waals surface area contributed by atoms with Gasteiger partial charge in [-0.2, -0.15) is 5.10 Å². The van der Waals surface area contributed by atoms with Gasteiger partial charge < -0.3 is 18.8 Å². The Morgan fingerprint density at radius 2 is 1.68 bits per heavy atom. The van der Waals surface area contributed by atoms with Crippen LogP contribution < -0.4 is 14.2 Å². The number of para-hydroxylation sites is 2. The van der Waals surface area contributed by atoms with Gasteiger partial charge in [-0.1, -0.05) is 18.2 Å². The standard InChI is InChI=1S/C32H29N5O4/c1-39-24-13-10-21(11-14-24)26-18-28(22-12-15-29(40-2)30(17-22)41-3)37(35-26)31(38)20-36-27-9-5-4-8-25(27)34-32(36)23-7-6-16-33-19-23/h4-17,19,28H,18,20H2,1-3H3. The van der Waals surface area contributed by atoms with Crippen molar-refractivity contribution in [3.05, 3.63) is 102 Å². The molecule has 6 rings (SSSR count). The van der Waals surface area contributed by atoms with Crippen molar-refractivity contribution >= 4 is 22.7 Å². The predicted molar refractivity (Wildman–Crippen MR) is 156 cm³/mol. The fourth-order valence-corrected chi connectivity index (χ4v) is 5.18. The van der Waals surface area contributed by atoms with Crippen molar-refractivity contribution in [2.75, 3.05) is 21.3 Å². The molecule has 1 atom stereocenters. The van der Waals surface area contributed by atoms with E-state index in [2.05, 4.69) is 4.98 Å². The first-order valence-corrected chi connectivity index (χ1v) is 13.2. The summed E-state index contributed by atoms with van der Waals surface area (Å²) in [5, 5.41) is 6.46.